The number of fused-ring (bicyclic) bond motifs is 2. The molecule has 0 aliphatic carbocycles. The highest BCUT2D eigenvalue weighted by Gasteiger charge is 2.09. The Labute approximate surface area is 140 Å². The molecule has 2 N–H and O–H groups in total. The van der Waals surface area contributed by atoms with Gasteiger partial charge in [-0.15, -0.1) is 0 Å². The monoisotopic (exact) mass is 314 g/mol. The molecule has 0 aliphatic rings. The van der Waals surface area contributed by atoms with Crippen molar-refractivity contribution in [3.63, 3.8) is 0 Å². The predicted octanol–water partition coefficient (Wildman–Crippen LogP) is 4.29. The van der Waals surface area contributed by atoms with Crippen molar-refractivity contribution >= 4 is 27.6 Å². The number of nitrogens with one attached hydrogen (secondary N) is 2. The molecule has 1 amide bonds. The van der Waals surface area contributed by atoms with Gasteiger partial charge < -0.3 is 10.3 Å². The summed E-state index contributed by atoms with van der Waals surface area (Å²) in [5, 5.41) is 6.31. The van der Waals surface area contributed by atoms with Crippen LogP contribution in [0.4, 0.5) is 0 Å². The Morgan fingerprint density at radius 1 is 0.917 bits per heavy atom. The largest absolute Gasteiger partial charge is 0.361 e. The maximum atomic E-state index is 12.5. The van der Waals surface area contributed by atoms with E-state index in [1.807, 2.05) is 48.7 Å². The molecule has 1 heterocycles. The van der Waals surface area contributed by atoms with Crippen molar-refractivity contribution in [2.75, 3.05) is 6.54 Å². The second-order valence-electron chi connectivity index (χ2n) is 5.93. The highest BCUT2D eigenvalue weighted by atomic mass is 16.1. The van der Waals surface area contributed by atoms with E-state index in [2.05, 4.69) is 34.6 Å². The van der Waals surface area contributed by atoms with E-state index < -0.39 is 0 Å². The minimum atomic E-state index is -0.0190. The van der Waals surface area contributed by atoms with Gasteiger partial charge in [-0.2, -0.15) is 0 Å². The molecule has 0 spiro atoms. The Morgan fingerprint density at radius 2 is 1.79 bits per heavy atom. The van der Waals surface area contributed by atoms with Crippen LogP contribution < -0.4 is 5.32 Å². The third-order valence-corrected chi connectivity index (χ3v) is 4.35. The van der Waals surface area contributed by atoms with E-state index >= 15 is 0 Å². The lowest BCUT2D eigenvalue weighted by atomic mass is 10.0. The van der Waals surface area contributed by atoms with E-state index in [9.17, 15) is 4.79 Å². The topological polar surface area (TPSA) is 44.9 Å². The fourth-order valence-electron chi connectivity index (χ4n) is 3.10. The van der Waals surface area contributed by atoms with E-state index in [1.54, 1.807) is 0 Å². The highest BCUT2D eigenvalue weighted by molar-refractivity contribution is 6.07. The van der Waals surface area contributed by atoms with E-state index in [0.717, 1.165) is 28.3 Å². The number of carbonyl (C=O) groups excluding carboxylic acids is 1. The van der Waals surface area contributed by atoms with Gasteiger partial charge in [0.05, 0.1) is 0 Å². The second kappa shape index (κ2) is 6.20. The molecule has 1 aromatic heterocycles. The number of aromatic amines is 1. The number of rotatable bonds is 4. The average molecular weight is 314 g/mol. The Bertz CT molecular complexity index is 1010. The summed E-state index contributed by atoms with van der Waals surface area (Å²) in [6.07, 6.45) is 2.76. The number of hydrogen-bond acceptors (Lipinski definition) is 1. The fourth-order valence-corrected chi connectivity index (χ4v) is 3.10. The Balaban J connectivity index is 1.46. The first kappa shape index (κ1) is 14.5. The number of benzene rings is 3. The lowest BCUT2D eigenvalue weighted by Gasteiger charge is -2.08. The van der Waals surface area contributed by atoms with Gasteiger partial charge in [-0.05, 0) is 52.4 Å². The summed E-state index contributed by atoms with van der Waals surface area (Å²) < 4.78 is 0. The van der Waals surface area contributed by atoms with Gasteiger partial charge in [-0.1, -0.05) is 42.5 Å². The maximum absolute atomic E-state index is 12.5. The van der Waals surface area contributed by atoms with Crippen LogP contribution in [0.2, 0.25) is 0 Å². The zero-order valence-electron chi connectivity index (χ0n) is 13.3. The van der Waals surface area contributed by atoms with E-state index in [1.165, 1.54) is 10.9 Å². The van der Waals surface area contributed by atoms with Crippen LogP contribution in [0.3, 0.4) is 0 Å². The van der Waals surface area contributed by atoms with Gasteiger partial charge in [0.25, 0.3) is 5.91 Å². The molecule has 0 unspecified atom stereocenters. The Hall–Kier alpha value is -3.07. The van der Waals surface area contributed by atoms with Crippen LogP contribution in [0.5, 0.6) is 0 Å². The summed E-state index contributed by atoms with van der Waals surface area (Å²) in [5.41, 5.74) is 3.09. The summed E-state index contributed by atoms with van der Waals surface area (Å²) in [6, 6.07) is 22.2. The van der Waals surface area contributed by atoms with E-state index in [4.69, 9.17) is 0 Å². The minimum Gasteiger partial charge on any atom is -0.361 e. The van der Waals surface area contributed by atoms with E-state index in [-0.39, 0.29) is 5.91 Å². The normalized spacial score (nSPS) is 11.0. The first-order valence-electron chi connectivity index (χ1n) is 8.13. The summed E-state index contributed by atoms with van der Waals surface area (Å²) in [7, 11) is 0. The smallest absolute Gasteiger partial charge is 0.251 e. The lowest BCUT2D eigenvalue weighted by molar-refractivity contribution is 0.0956. The first-order chi connectivity index (χ1) is 11.8. The molecule has 4 rings (SSSR count). The third kappa shape index (κ3) is 2.76. The van der Waals surface area contributed by atoms with Gasteiger partial charge in [0.15, 0.2) is 0 Å². The molecule has 0 saturated heterocycles. The fraction of sp³-hybridized carbons (Fsp3) is 0.0952. The second-order valence-corrected chi connectivity index (χ2v) is 5.93. The molecule has 118 valence electrons. The van der Waals surface area contributed by atoms with Crippen LogP contribution >= 0.6 is 0 Å². The third-order valence-electron chi connectivity index (χ3n) is 4.35. The van der Waals surface area contributed by atoms with Crippen LogP contribution in [-0.2, 0) is 6.42 Å². The molecule has 24 heavy (non-hydrogen) atoms. The van der Waals surface area contributed by atoms with Crippen molar-refractivity contribution in [1.29, 1.82) is 0 Å². The van der Waals surface area contributed by atoms with Crippen molar-refractivity contribution in [3.05, 3.63) is 84.1 Å². The highest BCUT2D eigenvalue weighted by Crippen LogP contribution is 2.18. The molecule has 0 aliphatic heterocycles. The van der Waals surface area contributed by atoms with E-state index in [0.29, 0.717) is 6.54 Å². The van der Waals surface area contributed by atoms with Gasteiger partial charge in [-0.3, -0.25) is 4.79 Å². The van der Waals surface area contributed by atoms with Gasteiger partial charge in [0.1, 0.15) is 0 Å². The minimum absolute atomic E-state index is 0.0190. The van der Waals surface area contributed by atoms with Crippen molar-refractivity contribution < 1.29 is 4.79 Å². The molecule has 3 aromatic carbocycles. The van der Waals surface area contributed by atoms with Gasteiger partial charge in [-0.25, -0.2) is 0 Å². The van der Waals surface area contributed by atoms with Crippen LogP contribution in [0.25, 0.3) is 21.7 Å². The molecular formula is C21H18N2O. The molecule has 0 radical (unpaired) electrons. The number of H-pyrrole nitrogens is 1. The van der Waals surface area contributed by atoms with Crippen molar-refractivity contribution in [1.82, 2.24) is 10.3 Å². The predicted molar refractivity (Wildman–Crippen MR) is 98.3 cm³/mol. The average Bonchev–Trinajstić information content (AvgIpc) is 3.09. The molecule has 3 heteroatoms. The number of carbonyl (C=O) groups is 1. The van der Waals surface area contributed by atoms with Crippen LogP contribution in [-0.4, -0.2) is 17.4 Å². The van der Waals surface area contributed by atoms with Gasteiger partial charge >= 0.3 is 0 Å². The summed E-state index contributed by atoms with van der Waals surface area (Å²) in [4.78, 5) is 15.7. The maximum Gasteiger partial charge on any atom is 0.251 e. The van der Waals surface area contributed by atoms with Gasteiger partial charge in [0, 0.05) is 23.8 Å². The Morgan fingerprint density at radius 3 is 2.75 bits per heavy atom. The SMILES string of the molecule is O=C(NCCc1ccc2[nH]ccc2c1)c1cccc2ccccc12. The van der Waals surface area contributed by atoms with Crippen molar-refractivity contribution in [3.8, 4) is 0 Å². The molecule has 3 nitrogen and oxygen atoms in total. The zero-order valence-corrected chi connectivity index (χ0v) is 13.3. The molecule has 0 fully saturated rings. The Kier molecular flexibility index (Phi) is 3.75. The lowest BCUT2D eigenvalue weighted by Crippen LogP contribution is -2.25. The zero-order chi connectivity index (χ0) is 16.4. The molecular weight excluding hydrogens is 296 g/mol. The van der Waals surface area contributed by atoms with Crippen LogP contribution in [0.1, 0.15) is 15.9 Å². The summed E-state index contributed by atoms with van der Waals surface area (Å²) in [6.45, 7) is 0.623. The van der Waals surface area contributed by atoms with Crippen LogP contribution in [0.15, 0.2) is 72.9 Å². The molecule has 4 aromatic rings. The number of amides is 1. The summed E-state index contributed by atoms with van der Waals surface area (Å²) in [5.74, 6) is -0.0190. The molecule has 0 bridgehead atoms. The van der Waals surface area contributed by atoms with Crippen LogP contribution in [0, 0.1) is 0 Å². The summed E-state index contributed by atoms with van der Waals surface area (Å²) >= 11 is 0. The molecule has 0 atom stereocenters. The van der Waals surface area contributed by atoms with Gasteiger partial charge in [0.2, 0.25) is 0 Å². The van der Waals surface area contributed by atoms with Crippen molar-refractivity contribution in [2.45, 2.75) is 6.42 Å². The first-order valence-corrected chi connectivity index (χ1v) is 8.13. The van der Waals surface area contributed by atoms with Crippen molar-refractivity contribution in [2.24, 2.45) is 0 Å². The number of hydrogen-bond donors (Lipinski definition) is 2. The quantitative estimate of drug-likeness (QED) is 0.580. The molecule has 0 saturated carbocycles. The number of aromatic nitrogens is 1. The standard InChI is InChI=1S/C21H18N2O/c24-21(19-7-3-5-16-4-1-2-6-18(16)19)23-12-10-15-8-9-20-17(14-15)11-13-22-20/h1-9,11,13-14,22H,10,12H2,(H,23,24).